The monoisotopic (exact) mass is 522 g/mol. The SMILES string of the molecule is C=C1N(c2cccc(OC(F)F)c2)c2cc(F)c(C(=O)CC3(C)CCS(=O)(=O)CC3)cc2N1C(C)C. The predicted molar refractivity (Wildman–Crippen MR) is 133 cm³/mol. The number of ketones is 1. The Morgan fingerprint density at radius 1 is 1.14 bits per heavy atom. The van der Waals surface area contributed by atoms with E-state index in [-0.39, 0.29) is 35.3 Å². The van der Waals surface area contributed by atoms with Crippen molar-refractivity contribution in [1.82, 2.24) is 0 Å². The number of hydrogen-bond donors (Lipinski definition) is 0. The Balaban J connectivity index is 1.70. The van der Waals surface area contributed by atoms with Crippen LogP contribution in [0.4, 0.5) is 30.2 Å². The van der Waals surface area contributed by atoms with Gasteiger partial charge in [0.15, 0.2) is 5.78 Å². The van der Waals surface area contributed by atoms with Crippen molar-refractivity contribution in [3.05, 3.63) is 60.2 Å². The van der Waals surface area contributed by atoms with Crippen molar-refractivity contribution >= 4 is 32.7 Å². The molecule has 0 N–H and O–H groups in total. The Kier molecular flexibility index (Phi) is 6.85. The second-order valence-electron chi connectivity index (χ2n) is 9.97. The van der Waals surface area contributed by atoms with E-state index in [4.69, 9.17) is 0 Å². The highest BCUT2D eigenvalue weighted by Gasteiger charge is 2.38. The van der Waals surface area contributed by atoms with E-state index < -0.39 is 33.5 Å². The molecule has 10 heteroatoms. The van der Waals surface area contributed by atoms with Gasteiger partial charge in [-0.25, -0.2) is 12.8 Å². The van der Waals surface area contributed by atoms with Crippen molar-refractivity contribution in [1.29, 1.82) is 0 Å². The van der Waals surface area contributed by atoms with E-state index in [0.717, 1.165) is 0 Å². The summed E-state index contributed by atoms with van der Waals surface area (Å²) in [5, 5.41) is 0. The summed E-state index contributed by atoms with van der Waals surface area (Å²) in [6, 6.07) is 8.69. The third kappa shape index (κ3) is 5.09. The lowest BCUT2D eigenvalue weighted by atomic mass is 9.78. The summed E-state index contributed by atoms with van der Waals surface area (Å²) in [5.74, 6) is -0.634. The molecule has 2 aliphatic rings. The number of rotatable bonds is 7. The number of halogens is 3. The predicted octanol–water partition coefficient (Wildman–Crippen LogP) is 6.05. The Labute approximate surface area is 209 Å². The van der Waals surface area contributed by atoms with Crippen molar-refractivity contribution < 1.29 is 31.1 Å². The first kappa shape index (κ1) is 26.1. The molecule has 0 aliphatic carbocycles. The second kappa shape index (κ2) is 9.46. The quantitative estimate of drug-likeness (QED) is 0.413. The zero-order valence-corrected chi connectivity index (χ0v) is 21.2. The van der Waals surface area contributed by atoms with Crippen LogP contribution in [0.25, 0.3) is 0 Å². The summed E-state index contributed by atoms with van der Waals surface area (Å²) in [5.41, 5.74) is 0.852. The Morgan fingerprint density at radius 3 is 2.42 bits per heavy atom. The van der Waals surface area contributed by atoms with Crippen LogP contribution in [0, 0.1) is 11.2 Å². The van der Waals surface area contributed by atoms with Gasteiger partial charge >= 0.3 is 6.61 Å². The molecule has 2 heterocycles. The highest BCUT2D eigenvalue weighted by molar-refractivity contribution is 7.91. The van der Waals surface area contributed by atoms with Crippen LogP contribution < -0.4 is 14.5 Å². The van der Waals surface area contributed by atoms with Gasteiger partial charge in [-0.1, -0.05) is 19.6 Å². The van der Waals surface area contributed by atoms with Gasteiger partial charge in [-0.2, -0.15) is 8.78 Å². The Morgan fingerprint density at radius 2 is 1.81 bits per heavy atom. The number of fused-ring (bicyclic) bond motifs is 1. The van der Waals surface area contributed by atoms with Gasteiger partial charge in [0.05, 0.1) is 34.1 Å². The van der Waals surface area contributed by atoms with Crippen LogP contribution in [-0.2, 0) is 9.84 Å². The smallest absolute Gasteiger partial charge is 0.387 e. The molecule has 0 unspecified atom stereocenters. The summed E-state index contributed by atoms with van der Waals surface area (Å²) in [4.78, 5) is 16.7. The first-order chi connectivity index (χ1) is 16.8. The van der Waals surface area contributed by atoms with Gasteiger partial charge in [-0.05, 0) is 50.3 Å². The number of carbonyl (C=O) groups is 1. The van der Waals surface area contributed by atoms with Crippen molar-refractivity contribution in [3.8, 4) is 5.75 Å². The molecule has 36 heavy (non-hydrogen) atoms. The highest BCUT2D eigenvalue weighted by Crippen LogP contribution is 2.48. The Bertz CT molecular complexity index is 1300. The number of benzene rings is 2. The van der Waals surface area contributed by atoms with Crippen LogP contribution in [0.3, 0.4) is 0 Å². The number of hydrogen-bond acceptors (Lipinski definition) is 6. The summed E-state index contributed by atoms with van der Waals surface area (Å²) < 4.78 is 69.0. The van der Waals surface area contributed by atoms with E-state index >= 15 is 4.39 Å². The fraction of sp³-hybridized carbons (Fsp3) is 0.423. The molecule has 0 aromatic heterocycles. The molecular weight excluding hydrogens is 493 g/mol. The standard InChI is InChI=1S/C26H29F3N2O4S/c1-16(2)30-17(3)31(18-6-5-7-19(12-18)35-25(28)29)23-14-21(27)20(13-22(23)30)24(32)15-26(4)8-10-36(33,34)11-9-26/h5-7,12-14,16,25H,3,8-11,15H2,1-2,4H3. The van der Waals surface area contributed by atoms with Crippen molar-refractivity contribution in [2.75, 3.05) is 21.3 Å². The number of anilines is 3. The van der Waals surface area contributed by atoms with E-state index in [1.54, 1.807) is 17.0 Å². The van der Waals surface area contributed by atoms with Gasteiger partial charge in [-0.3, -0.25) is 9.69 Å². The molecule has 2 aliphatic heterocycles. The number of carbonyl (C=O) groups excluding carboxylic acids is 1. The number of nitrogens with zero attached hydrogens (tertiary/aromatic N) is 2. The molecule has 0 saturated carbocycles. The van der Waals surface area contributed by atoms with Gasteiger partial charge in [-0.15, -0.1) is 0 Å². The minimum Gasteiger partial charge on any atom is -0.435 e. The number of ether oxygens (including phenoxy) is 1. The Hall–Kier alpha value is -3.01. The average Bonchev–Trinajstić information content (AvgIpc) is 3.06. The number of alkyl halides is 2. The molecule has 6 nitrogen and oxygen atoms in total. The fourth-order valence-electron chi connectivity index (χ4n) is 4.88. The van der Waals surface area contributed by atoms with E-state index in [1.165, 1.54) is 24.3 Å². The van der Waals surface area contributed by atoms with Gasteiger partial charge in [0, 0.05) is 24.6 Å². The molecule has 0 bridgehead atoms. The van der Waals surface area contributed by atoms with Gasteiger partial charge < -0.3 is 9.64 Å². The van der Waals surface area contributed by atoms with Crippen molar-refractivity contribution in [2.24, 2.45) is 5.41 Å². The first-order valence-electron chi connectivity index (χ1n) is 11.7. The lowest BCUT2D eigenvalue weighted by Crippen LogP contribution is -2.33. The number of Topliss-reactive ketones (excluding diaryl/α,β-unsaturated/α-hetero) is 1. The van der Waals surface area contributed by atoms with E-state index in [0.29, 0.717) is 35.7 Å². The maximum Gasteiger partial charge on any atom is 0.387 e. The second-order valence-corrected chi connectivity index (χ2v) is 12.3. The zero-order valence-electron chi connectivity index (χ0n) is 20.4. The molecule has 2 aromatic rings. The third-order valence-electron chi connectivity index (χ3n) is 6.84. The molecule has 0 amide bonds. The van der Waals surface area contributed by atoms with E-state index in [2.05, 4.69) is 11.3 Å². The highest BCUT2D eigenvalue weighted by atomic mass is 32.2. The fourth-order valence-corrected chi connectivity index (χ4v) is 6.69. The molecule has 194 valence electrons. The number of sulfone groups is 1. The normalized spacial score (nSPS) is 18.6. The van der Waals surface area contributed by atoms with Crippen LogP contribution >= 0.6 is 0 Å². The lowest BCUT2D eigenvalue weighted by molar-refractivity contribution is -0.0498. The topological polar surface area (TPSA) is 66.9 Å². The first-order valence-corrected chi connectivity index (χ1v) is 13.5. The van der Waals surface area contributed by atoms with Gasteiger partial charge in [0.25, 0.3) is 0 Å². The molecule has 4 rings (SSSR count). The molecule has 0 radical (unpaired) electrons. The summed E-state index contributed by atoms with van der Waals surface area (Å²) in [7, 11) is -3.09. The van der Waals surface area contributed by atoms with E-state index in [9.17, 15) is 22.0 Å². The van der Waals surface area contributed by atoms with Crippen LogP contribution in [0.1, 0.15) is 50.4 Å². The molecule has 1 saturated heterocycles. The maximum absolute atomic E-state index is 15.4. The van der Waals surface area contributed by atoms with Crippen LogP contribution in [-0.4, -0.2) is 38.4 Å². The molecular formula is C26H29F3N2O4S. The summed E-state index contributed by atoms with van der Waals surface area (Å²) in [6.07, 6.45) is 0.748. The largest absolute Gasteiger partial charge is 0.435 e. The van der Waals surface area contributed by atoms with Gasteiger partial charge in [0.1, 0.15) is 27.2 Å². The van der Waals surface area contributed by atoms with Crippen LogP contribution in [0.5, 0.6) is 5.75 Å². The maximum atomic E-state index is 15.4. The third-order valence-corrected chi connectivity index (χ3v) is 8.49. The molecule has 0 atom stereocenters. The van der Waals surface area contributed by atoms with Gasteiger partial charge in [0.2, 0.25) is 0 Å². The minimum atomic E-state index is -3.09. The van der Waals surface area contributed by atoms with Crippen molar-refractivity contribution in [2.45, 2.75) is 52.7 Å². The van der Waals surface area contributed by atoms with Crippen molar-refractivity contribution in [3.63, 3.8) is 0 Å². The average molecular weight is 523 g/mol. The molecule has 1 fully saturated rings. The van der Waals surface area contributed by atoms with E-state index in [1.807, 2.05) is 25.7 Å². The summed E-state index contributed by atoms with van der Waals surface area (Å²) in [6.45, 7) is 6.86. The minimum absolute atomic E-state index is 0.0215. The lowest BCUT2D eigenvalue weighted by Gasteiger charge is -2.32. The molecule has 2 aromatic carbocycles. The van der Waals surface area contributed by atoms with Crippen LogP contribution in [0.2, 0.25) is 0 Å². The molecule has 0 spiro atoms. The zero-order chi connectivity index (χ0) is 26.4. The summed E-state index contributed by atoms with van der Waals surface area (Å²) >= 11 is 0. The van der Waals surface area contributed by atoms with Crippen LogP contribution in [0.15, 0.2) is 48.8 Å².